The number of nitrogens with zero attached hydrogens (tertiary/aromatic N) is 2. The smallest absolute Gasteiger partial charge is 0.161 e. The number of ether oxygens (including phenoxy) is 2. The molecule has 5 heteroatoms. The summed E-state index contributed by atoms with van der Waals surface area (Å²) in [6, 6.07) is 5.88. The van der Waals surface area contributed by atoms with E-state index in [-0.39, 0.29) is 6.04 Å². The van der Waals surface area contributed by atoms with Crippen LogP contribution in [0.15, 0.2) is 36.8 Å². The van der Waals surface area contributed by atoms with Crippen molar-refractivity contribution in [3.63, 3.8) is 0 Å². The fourth-order valence-electron chi connectivity index (χ4n) is 2.17. The van der Waals surface area contributed by atoms with Crippen LogP contribution in [0.4, 0.5) is 0 Å². The number of benzene rings is 1. The Morgan fingerprint density at radius 3 is 2.57 bits per heavy atom. The lowest BCUT2D eigenvalue weighted by Crippen LogP contribution is -2.24. The molecule has 0 aliphatic carbocycles. The van der Waals surface area contributed by atoms with Gasteiger partial charge in [-0.1, -0.05) is 13.0 Å². The van der Waals surface area contributed by atoms with E-state index < -0.39 is 0 Å². The van der Waals surface area contributed by atoms with Crippen molar-refractivity contribution in [2.24, 2.45) is 0 Å². The molecule has 0 aliphatic rings. The Labute approximate surface area is 125 Å². The van der Waals surface area contributed by atoms with Crippen molar-refractivity contribution in [1.29, 1.82) is 0 Å². The largest absolute Gasteiger partial charge is 0.493 e. The number of methoxy groups -OCH3 is 2. The summed E-state index contributed by atoms with van der Waals surface area (Å²) in [5.41, 5.74) is 1.96. The molecule has 0 saturated heterocycles. The van der Waals surface area contributed by atoms with Crippen LogP contribution in [0.5, 0.6) is 11.5 Å². The van der Waals surface area contributed by atoms with Crippen LogP contribution >= 0.6 is 0 Å². The summed E-state index contributed by atoms with van der Waals surface area (Å²) in [4.78, 5) is 8.57. The van der Waals surface area contributed by atoms with Crippen LogP contribution in [0.3, 0.4) is 0 Å². The summed E-state index contributed by atoms with van der Waals surface area (Å²) < 4.78 is 10.7. The molecule has 5 nitrogen and oxygen atoms in total. The Bertz CT molecular complexity index is 561. The predicted molar refractivity (Wildman–Crippen MR) is 81.7 cm³/mol. The molecule has 1 atom stereocenters. The van der Waals surface area contributed by atoms with Gasteiger partial charge in [-0.3, -0.25) is 9.97 Å². The fourth-order valence-corrected chi connectivity index (χ4v) is 2.17. The molecule has 2 aromatic rings. The van der Waals surface area contributed by atoms with Crippen molar-refractivity contribution in [2.45, 2.75) is 19.4 Å². The van der Waals surface area contributed by atoms with E-state index in [1.54, 1.807) is 32.8 Å². The van der Waals surface area contributed by atoms with Gasteiger partial charge in [0.1, 0.15) is 0 Å². The van der Waals surface area contributed by atoms with Gasteiger partial charge in [0.15, 0.2) is 11.5 Å². The van der Waals surface area contributed by atoms with Crippen molar-refractivity contribution in [1.82, 2.24) is 15.3 Å². The maximum absolute atomic E-state index is 5.38. The molecular formula is C16H21N3O2. The molecule has 1 unspecified atom stereocenters. The van der Waals surface area contributed by atoms with Gasteiger partial charge in [-0.2, -0.15) is 0 Å². The van der Waals surface area contributed by atoms with Crippen LogP contribution < -0.4 is 14.8 Å². The molecule has 0 aliphatic heterocycles. The number of aromatic nitrogens is 2. The molecule has 2 rings (SSSR count). The summed E-state index contributed by atoms with van der Waals surface area (Å²) in [6.07, 6.45) is 6.21. The van der Waals surface area contributed by atoms with Crippen molar-refractivity contribution in [2.75, 3.05) is 20.8 Å². The molecule has 0 spiro atoms. The molecule has 0 amide bonds. The summed E-state index contributed by atoms with van der Waals surface area (Å²) in [6.45, 7) is 3.03. The molecule has 1 aromatic heterocycles. The van der Waals surface area contributed by atoms with Gasteiger partial charge in [-0.25, -0.2) is 0 Å². The molecule has 1 N–H and O–H groups in total. The Balaban J connectivity index is 2.36. The Hall–Kier alpha value is -2.14. The molecule has 0 saturated carbocycles. The van der Waals surface area contributed by atoms with E-state index in [1.807, 2.05) is 18.2 Å². The van der Waals surface area contributed by atoms with E-state index in [4.69, 9.17) is 9.47 Å². The molecule has 0 fully saturated rings. The van der Waals surface area contributed by atoms with Crippen LogP contribution in [0.2, 0.25) is 0 Å². The first-order valence-corrected chi connectivity index (χ1v) is 7.01. The summed E-state index contributed by atoms with van der Waals surface area (Å²) in [5, 5.41) is 3.49. The van der Waals surface area contributed by atoms with Gasteiger partial charge in [0, 0.05) is 12.4 Å². The molecule has 0 radical (unpaired) electrons. The normalized spacial score (nSPS) is 12.0. The summed E-state index contributed by atoms with van der Waals surface area (Å²) in [7, 11) is 3.27. The van der Waals surface area contributed by atoms with E-state index in [2.05, 4.69) is 22.2 Å². The maximum Gasteiger partial charge on any atom is 0.161 e. The topological polar surface area (TPSA) is 56.3 Å². The minimum Gasteiger partial charge on any atom is -0.493 e. The quantitative estimate of drug-likeness (QED) is 0.848. The average molecular weight is 287 g/mol. The van der Waals surface area contributed by atoms with E-state index >= 15 is 0 Å². The zero-order valence-corrected chi connectivity index (χ0v) is 12.7. The molecule has 0 bridgehead atoms. The molecule has 112 valence electrons. The second-order valence-electron chi connectivity index (χ2n) is 4.63. The highest BCUT2D eigenvalue weighted by Crippen LogP contribution is 2.31. The predicted octanol–water partition coefficient (Wildman–Crippen LogP) is 2.58. The van der Waals surface area contributed by atoms with E-state index in [0.29, 0.717) is 5.75 Å². The first kappa shape index (κ1) is 15.3. The third kappa shape index (κ3) is 3.70. The highest BCUT2D eigenvalue weighted by Gasteiger charge is 2.17. The molecule has 21 heavy (non-hydrogen) atoms. The van der Waals surface area contributed by atoms with E-state index in [0.717, 1.165) is 30.0 Å². The third-order valence-corrected chi connectivity index (χ3v) is 3.22. The SMILES string of the molecule is CCCNC(c1ccc(OC)c(OC)c1)c1cnccn1. The summed E-state index contributed by atoms with van der Waals surface area (Å²) >= 11 is 0. The Morgan fingerprint density at radius 1 is 1.14 bits per heavy atom. The fraction of sp³-hybridized carbons (Fsp3) is 0.375. The van der Waals surface area contributed by atoms with Crippen LogP contribution in [0.1, 0.15) is 30.6 Å². The Kier molecular flexibility index (Phi) is 5.51. The van der Waals surface area contributed by atoms with Gasteiger partial charge in [0.2, 0.25) is 0 Å². The van der Waals surface area contributed by atoms with Gasteiger partial charge in [0.25, 0.3) is 0 Å². The average Bonchev–Trinajstić information content (AvgIpc) is 2.56. The lowest BCUT2D eigenvalue weighted by atomic mass is 10.0. The summed E-state index contributed by atoms with van der Waals surface area (Å²) in [5.74, 6) is 1.43. The van der Waals surface area contributed by atoms with Crippen LogP contribution in [0, 0.1) is 0 Å². The number of hydrogen-bond acceptors (Lipinski definition) is 5. The minimum atomic E-state index is -0.0153. The van der Waals surface area contributed by atoms with Crippen molar-refractivity contribution in [3.8, 4) is 11.5 Å². The van der Waals surface area contributed by atoms with E-state index in [9.17, 15) is 0 Å². The standard InChI is InChI=1S/C16H21N3O2/c1-4-7-19-16(13-11-17-8-9-18-13)12-5-6-14(20-2)15(10-12)21-3/h5-6,8-11,16,19H,4,7H2,1-3H3. The molecule has 1 aromatic carbocycles. The van der Waals surface area contributed by atoms with Gasteiger partial charge in [-0.15, -0.1) is 0 Å². The lowest BCUT2D eigenvalue weighted by Gasteiger charge is -2.19. The molecular weight excluding hydrogens is 266 g/mol. The van der Waals surface area contributed by atoms with E-state index in [1.165, 1.54) is 0 Å². The zero-order valence-electron chi connectivity index (χ0n) is 12.7. The zero-order chi connectivity index (χ0) is 15.1. The van der Waals surface area contributed by atoms with Crippen molar-refractivity contribution in [3.05, 3.63) is 48.0 Å². The van der Waals surface area contributed by atoms with Crippen LogP contribution in [-0.2, 0) is 0 Å². The second kappa shape index (κ2) is 7.59. The maximum atomic E-state index is 5.38. The van der Waals surface area contributed by atoms with Crippen LogP contribution in [-0.4, -0.2) is 30.7 Å². The number of nitrogens with one attached hydrogen (secondary N) is 1. The number of rotatable bonds is 7. The van der Waals surface area contributed by atoms with Crippen molar-refractivity contribution < 1.29 is 9.47 Å². The Morgan fingerprint density at radius 2 is 1.95 bits per heavy atom. The lowest BCUT2D eigenvalue weighted by molar-refractivity contribution is 0.354. The van der Waals surface area contributed by atoms with Crippen molar-refractivity contribution >= 4 is 0 Å². The van der Waals surface area contributed by atoms with Gasteiger partial charge < -0.3 is 14.8 Å². The monoisotopic (exact) mass is 287 g/mol. The minimum absolute atomic E-state index is 0.0153. The first-order valence-electron chi connectivity index (χ1n) is 7.01. The molecule has 1 heterocycles. The highest BCUT2D eigenvalue weighted by molar-refractivity contribution is 5.45. The van der Waals surface area contributed by atoms with Gasteiger partial charge in [0.05, 0.1) is 32.2 Å². The highest BCUT2D eigenvalue weighted by atomic mass is 16.5. The van der Waals surface area contributed by atoms with Gasteiger partial charge in [-0.05, 0) is 30.7 Å². The number of hydrogen-bond donors (Lipinski definition) is 1. The van der Waals surface area contributed by atoms with Gasteiger partial charge >= 0.3 is 0 Å². The second-order valence-corrected chi connectivity index (χ2v) is 4.63. The van der Waals surface area contributed by atoms with Crippen LogP contribution in [0.25, 0.3) is 0 Å². The first-order chi connectivity index (χ1) is 10.3. The third-order valence-electron chi connectivity index (χ3n) is 3.22.